The van der Waals surface area contributed by atoms with Gasteiger partial charge in [-0.2, -0.15) is 0 Å². The molecule has 0 radical (unpaired) electrons. The van der Waals surface area contributed by atoms with E-state index in [2.05, 4.69) is 50.0 Å². The normalized spacial score (nSPS) is 17.7. The summed E-state index contributed by atoms with van der Waals surface area (Å²) in [6.07, 6.45) is 0.974. The highest BCUT2D eigenvalue weighted by molar-refractivity contribution is 8.00. The summed E-state index contributed by atoms with van der Waals surface area (Å²) in [7, 11) is 0. The summed E-state index contributed by atoms with van der Waals surface area (Å²) in [6, 6.07) is 20.7. The topological polar surface area (TPSA) is 75.9 Å². The average molecular weight is 423 g/mol. The van der Waals surface area contributed by atoms with E-state index in [1.807, 2.05) is 43.3 Å². The smallest absolute Gasteiger partial charge is 0.233 e. The van der Waals surface area contributed by atoms with E-state index in [1.165, 1.54) is 17.3 Å². The van der Waals surface area contributed by atoms with Crippen LogP contribution in [0.15, 0.2) is 65.8 Å². The van der Waals surface area contributed by atoms with Crippen molar-refractivity contribution in [3.05, 3.63) is 71.8 Å². The zero-order valence-electron chi connectivity index (χ0n) is 17.0. The van der Waals surface area contributed by atoms with Crippen LogP contribution in [0.5, 0.6) is 0 Å². The molecule has 8 heteroatoms. The van der Waals surface area contributed by atoms with Crippen LogP contribution in [0, 0.1) is 0 Å². The Morgan fingerprint density at radius 2 is 1.77 bits per heavy atom. The number of thioether (sulfide) groups is 1. The van der Waals surface area contributed by atoms with E-state index < -0.39 is 0 Å². The number of amides is 1. The molecule has 2 aromatic carbocycles. The monoisotopic (exact) mass is 422 g/mol. The molecule has 0 bridgehead atoms. The molecule has 1 aliphatic rings. The lowest BCUT2D eigenvalue weighted by Crippen LogP contribution is -2.40. The molecule has 3 aromatic rings. The van der Waals surface area contributed by atoms with Crippen molar-refractivity contribution < 1.29 is 4.79 Å². The zero-order chi connectivity index (χ0) is 20.8. The molecule has 1 N–H and O–H groups in total. The molecular weight excluding hydrogens is 396 g/mol. The molecule has 1 fully saturated rings. The van der Waals surface area contributed by atoms with Gasteiger partial charge in [0.05, 0.1) is 11.8 Å². The fourth-order valence-electron chi connectivity index (χ4n) is 3.60. The van der Waals surface area contributed by atoms with Gasteiger partial charge in [-0.25, -0.2) is 4.68 Å². The third-order valence-corrected chi connectivity index (χ3v) is 6.26. The third-order valence-electron chi connectivity index (χ3n) is 5.19. The standard InChI is InChI=1S/C22H26N6OS/c1-17(30-22-24-25-26-28(22)15-19-10-6-3-7-11-19)21(29)23-20-12-13-27(16-20)14-18-8-4-2-5-9-18/h2-11,17,20H,12-16H2,1H3,(H,23,29). The second kappa shape index (κ2) is 9.86. The fraction of sp³-hybridized carbons (Fsp3) is 0.364. The Bertz CT molecular complexity index is 949. The van der Waals surface area contributed by atoms with Crippen LogP contribution >= 0.6 is 11.8 Å². The number of hydrogen-bond acceptors (Lipinski definition) is 6. The minimum atomic E-state index is -0.270. The largest absolute Gasteiger partial charge is 0.351 e. The van der Waals surface area contributed by atoms with Crippen LogP contribution in [0.3, 0.4) is 0 Å². The molecular formula is C22H26N6OS. The third kappa shape index (κ3) is 5.46. The molecule has 1 amide bonds. The van der Waals surface area contributed by atoms with Crippen molar-refractivity contribution in [2.45, 2.75) is 42.9 Å². The highest BCUT2D eigenvalue weighted by Gasteiger charge is 2.26. The van der Waals surface area contributed by atoms with E-state index in [9.17, 15) is 4.79 Å². The number of rotatable bonds is 8. The lowest BCUT2D eigenvalue weighted by molar-refractivity contribution is -0.120. The van der Waals surface area contributed by atoms with Gasteiger partial charge in [0.1, 0.15) is 0 Å². The van der Waals surface area contributed by atoms with E-state index in [1.54, 1.807) is 4.68 Å². The molecule has 2 heterocycles. The molecule has 0 aliphatic carbocycles. The van der Waals surface area contributed by atoms with Gasteiger partial charge in [0.15, 0.2) is 0 Å². The maximum absolute atomic E-state index is 12.7. The van der Waals surface area contributed by atoms with Crippen molar-refractivity contribution in [1.82, 2.24) is 30.4 Å². The number of nitrogens with one attached hydrogen (secondary N) is 1. The molecule has 0 saturated carbocycles. The van der Waals surface area contributed by atoms with Gasteiger partial charge >= 0.3 is 0 Å². The summed E-state index contributed by atoms with van der Waals surface area (Å²) >= 11 is 1.39. The van der Waals surface area contributed by atoms with Gasteiger partial charge in [-0.15, -0.1) is 5.10 Å². The van der Waals surface area contributed by atoms with Crippen molar-refractivity contribution >= 4 is 17.7 Å². The summed E-state index contributed by atoms with van der Waals surface area (Å²) in [6.45, 7) is 5.28. The predicted octanol–water partition coefficient (Wildman–Crippen LogP) is 2.59. The maximum atomic E-state index is 12.7. The molecule has 1 saturated heterocycles. The van der Waals surface area contributed by atoms with Crippen molar-refractivity contribution in [2.24, 2.45) is 0 Å². The Morgan fingerprint density at radius 3 is 2.47 bits per heavy atom. The molecule has 30 heavy (non-hydrogen) atoms. The van der Waals surface area contributed by atoms with Crippen LogP contribution in [0.4, 0.5) is 0 Å². The SMILES string of the molecule is CC(Sc1nnnn1Cc1ccccc1)C(=O)NC1CCN(Cc2ccccc2)C1. The van der Waals surface area contributed by atoms with Crippen molar-refractivity contribution in [1.29, 1.82) is 0 Å². The number of carbonyl (C=O) groups excluding carboxylic acids is 1. The first-order chi connectivity index (χ1) is 14.7. The summed E-state index contributed by atoms with van der Waals surface area (Å²) in [5, 5.41) is 15.5. The summed E-state index contributed by atoms with van der Waals surface area (Å²) in [5.74, 6) is 0.0285. The Balaban J connectivity index is 1.27. The molecule has 1 aliphatic heterocycles. The number of hydrogen-bond donors (Lipinski definition) is 1. The van der Waals surface area contributed by atoms with E-state index in [0.29, 0.717) is 11.7 Å². The highest BCUT2D eigenvalue weighted by Crippen LogP contribution is 2.22. The molecule has 7 nitrogen and oxygen atoms in total. The molecule has 2 atom stereocenters. The van der Waals surface area contributed by atoms with E-state index >= 15 is 0 Å². The number of benzene rings is 2. The quantitative estimate of drug-likeness (QED) is 0.563. The fourth-order valence-corrected chi connectivity index (χ4v) is 4.40. The Labute approximate surface area is 180 Å². The summed E-state index contributed by atoms with van der Waals surface area (Å²) in [5.41, 5.74) is 2.42. The Kier molecular flexibility index (Phi) is 6.76. The van der Waals surface area contributed by atoms with Crippen LogP contribution in [0.1, 0.15) is 24.5 Å². The number of tetrazole rings is 1. The van der Waals surface area contributed by atoms with Gasteiger partial charge in [-0.05, 0) is 34.9 Å². The van der Waals surface area contributed by atoms with Crippen LogP contribution in [0.2, 0.25) is 0 Å². The summed E-state index contributed by atoms with van der Waals surface area (Å²) in [4.78, 5) is 15.1. The van der Waals surface area contributed by atoms with Crippen LogP contribution < -0.4 is 5.32 Å². The average Bonchev–Trinajstić information content (AvgIpc) is 3.39. The minimum Gasteiger partial charge on any atom is -0.351 e. The van der Waals surface area contributed by atoms with Gasteiger partial charge < -0.3 is 5.32 Å². The molecule has 4 rings (SSSR count). The highest BCUT2D eigenvalue weighted by atomic mass is 32.2. The van der Waals surface area contributed by atoms with Gasteiger partial charge in [-0.3, -0.25) is 9.69 Å². The van der Waals surface area contributed by atoms with E-state index in [4.69, 9.17) is 0 Å². The lowest BCUT2D eigenvalue weighted by atomic mass is 10.2. The minimum absolute atomic E-state index is 0.0285. The van der Waals surface area contributed by atoms with Crippen LogP contribution in [0.25, 0.3) is 0 Å². The molecule has 0 spiro atoms. The molecule has 1 aromatic heterocycles. The first-order valence-electron chi connectivity index (χ1n) is 10.2. The molecule has 156 valence electrons. The lowest BCUT2D eigenvalue weighted by Gasteiger charge is -2.18. The maximum Gasteiger partial charge on any atom is 0.233 e. The van der Waals surface area contributed by atoms with Gasteiger partial charge in [0.25, 0.3) is 0 Å². The Morgan fingerprint density at radius 1 is 1.10 bits per heavy atom. The van der Waals surface area contributed by atoms with Crippen LogP contribution in [-0.4, -0.2) is 55.4 Å². The van der Waals surface area contributed by atoms with Crippen LogP contribution in [-0.2, 0) is 17.9 Å². The van der Waals surface area contributed by atoms with Crippen molar-refractivity contribution in [3.63, 3.8) is 0 Å². The predicted molar refractivity (Wildman–Crippen MR) is 117 cm³/mol. The first-order valence-corrected chi connectivity index (χ1v) is 11.1. The summed E-state index contributed by atoms with van der Waals surface area (Å²) < 4.78 is 1.74. The number of carbonyl (C=O) groups is 1. The number of aromatic nitrogens is 4. The second-order valence-corrected chi connectivity index (χ2v) is 8.89. The zero-order valence-corrected chi connectivity index (χ0v) is 17.8. The van der Waals surface area contributed by atoms with Crippen molar-refractivity contribution in [3.8, 4) is 0 Å². The van der Waals surface area contributed by atoms with Gasteiger partial charge in [0, 0.05) is 25.7 Å². The number of nitrogens with zero attached hydrogens (tertiary/aromatic N) is 5. The number of likely N-dealkylation sites (tertiary alicyclic amines) is 1. The Hall–Kier alpha value is -2.71. The van der Waals surface area contributed by atoms with E-state index in [0.717, 1.165) is 31.6 Å². The van der Waals surface area contributed by atoms with Gasteiger partial charge in [-0.1, -0.05) is 72.4 Å². The first kappa shape index (κ1) is 20.6. The van der Waals surface area contributed by atoms with Crippen molar-refractivity contribution in [2.75, 3.05) is 13.1 Å². The molecule has 2 unspecified atom stereocenters. The van der Waals surface area contributed by atoms with E-state index in [-0.39, 0.29) is 17.2 Å². The van der Waals surface area contributed by atoms with Gasteiger partial charge in [0.2, 0.25) is 11.1 Å². The second-order valence-electron chi connectivity index (χ2n) is 7.58.